The Kier molecular flexibility index (Phi) is 6.68. The predicted octanol–water partition coefficient (Wildman–Crippen LogP) is 5.64. The molecule has 1 aromatic rings. The first kappa shape index (κ1) is 16.0. The lowest BCUT2D eigenvalue weighted by Crippen LogP contribution is -2.33. The van der Waals surface area contributed by atoms with Crippen LogP contribution in [0.5, 0.6) is 0 Å². The van der Waals surface area contributed by atoms with E-state index in [4.69, 9.17) is 17.3 Å². The molecular weight excluding hydrogens is 310 g/mol. The molecule has 2 N–H and O–H groups in total. The molecule has 102 valence electrons. The standard InChI is InChI=1S/C15H23BrClN/c1-3-4-5-6-7-10-15(2,18)13-9-8-12(16)11-14(13)17/h8-9,11H,3-7,10,18H2,1-2H3. The van der Waals surface area contributed by atoms with E-state index >= 15 is 0 Å². The highest BCUT2D eigenvalue weighted by molar-refractivity contribution is 9.10. The molecule has 0 fully saturated rings. The first-order valence-corrected chi connectivity index (χ1v) is 7.89. The third-order valence-electron chi connectivity index (χ3n) is 3.35. The van der Waals surface area contributed by atoms with Gasteiger partial charge in [0.2, 0.25) is 0 Å². The second-order valence-corrected chi connectivity index (χ2v) is 6.53. The Bertz CT molecular complexity index is 377. The van der Waals surface area contributed by atoms with Gasteiger partial charge in [-0.05, 0) is 31.0 Å². The van der Waals surface area contributed by atoms with E-state index < -0.39 is 0 Å². The van der Waals surface area contributed by atoms with Gasteiger partial charge in [0.15, 0.2) is 0 Å². The topological polar surface area (TPSA) is 26.0 Å². The molecule has 0 bridgehead atoms. The average Bonchev–Trinajstić information content (AvgIpc) is 2.28. The largest absolute Gasteiger partial charge is 0.322 e. The summed E-state index contributed by atoms with van der Waals surface area (Å²) in [5.41, 5.74) is 7.12. The molecule has 0 aliphatic heterocycles. The summed E-state index contributed by atoms with van der Waals surface area (Å²) in [7, 11) is 0. The Morgan fingerprint density at radius 2 is 1.89 bits per heavy atom. The van der Waals surface area contributed by atoms with Crippen molar-refractivity contribution in [3.8, 4) is 0 Å². The zero-order valence-electron chi connectivity index (χ0n) is 11.3. The summed E-state index contributed by atoms with van der Waals surface area (Å²) in [5.74, 6) is 0. The number of hydrogen-bond donors (Lipinski definition) is 1. The van der Waals surface area contributed by atoms with Crippen molar-refractivity contribution in [1.29, 1.82) is 0 Å². The van der Waals surface area contributed by atoms with Crippen LogP contribution >= 0.6 is 27.5 Å². The molecule has 0 aliphatic rings. The van der Waals surface area contributed by atoms with E-state index in [1.165, 1.54) is 32.1 Å². The number of hydrogen-bond acceptors (Lipinski definition) is 1. The minimum absolute atomic E-state index is 0.329. The van der Waals surface area contributed by atoms with Gasteiger partial charge in [0.25, 0.3) is 0 Å². The number of nitrogens with two attached hydrogens (primary N) is 1. The molecule has 3 heteroatoms. The quantitative estimate of drug-likeness (QED) is 0.643. The van der Waals surface area contributed by atoms with Crippen molar-refractivity contribution in [3.63, 3.8) is 0 Å². The van der Waals surface area contributed by atoms with E-state index in [-0.39, 0.29) is 5.54 Å². The van der Waals surface area contributed by atoms with Crippen molar-refractivity contribution in [2.45, 2.75) is 57.9 Å². The Morgan fingerprint density at radius 3 is 2.50 bits per heavy atom. The first-order chi connectivity index (χ1) is 8.47. The van der Waals surface area contributed by atoms with Crippen LogP contribution in [-0.4, -0.2) is 0 Å². The van der Waals surface area contributed by atoms with E-state index in [0.717, 1.165) is 21.5 Å². The van der Waals surface area contributed by atoms with Gasteiger partial charge < -0.3 is 5.73 Å². The summed E-state index contributed by atoms with van der Waals surface area (Å²) < 4.78 is 0.995. The maximum Gasteiger partial charge on any atom is 0.0467 e. The molecule has 1 nitrogen and oxygen atoms in total. The predicted molar refractivity (Wildman–Crippen MR) is 84.1 cm³/mol. The molecule has 0 aliphatic carbocycles. The van der Waals surface area contributed by atoms with E-state index in [1.54, 1.807) is 0 Å². The Hall–Kier alpha value is -0.0500. The van der Waals surface area contributed by atoms with Gasteiger partial charge in [-0.1, -0.05) is 72.6 Å². The summed E-state index contributed by atoms with van der Waals surface area (Å²) >= 11 is 9.69. The summed E-state index contributed by atoms with van der Waals surface area (Å²) in [4.78, 5) is 0. The molecule has 1 rings (SSSR count). The SMILES string of the molecule is CCCCCCCC(C)(N)c1ccc(Br)cc1Cl. The molecule has 1 unspecified atom stereocenters. The van der Waals surface area contributed by atoms with Crippen LogP contribution < -0.4 is 5.73 Å². The van der Waals surface area contributed by atoms with Gasteiger partial charge in [-0.3, -0.25) is 0 Å². The van der Waals surface area contributed by atoms with Gasteiger partial charge in [-0.25, -0.2) is 0 Å². The van der Waals surface area contributed by atoms with E-state index in [0.29, 0.717) is 0 Å². The van der Waals surface area contributed by atoms with E-state index in [2.05, 4.69) is 29.8 Å². The molecule has 0 aromatic heterocycles. The summed E-state index contributed by atoms with van der Waals surface area (Å²) in [6.45, 7) is 4.30. The van der Waals surface area contributed by atoms with Crippen molar-refractivity contribution >= 4 is 27.5 Å². The minimum atomic E-state index is -0.329. The third kappa shape index (κ3) is 4.91. The van der Waals surface area contributed by atoms with Gasteiger partial charge in [-0.2, -0.15) is 0 Å². The zero-order valence-corrected chi connectivity index (χ0v) is 13.6. The van der Waals surface area contributed by atoms with Gasteiger partial charge in [-0.15, -0.1) is 0 Å². The molecule has 1 atom stereocenters. The van der Waals surface area contributed by atoms with Crippen LogP contribution in [0.1, 0.15) is 57.9 Å². The number of rotatable bonds is 7. The Labute approximate surface area is 124 Å². The van der Waals surface area contributed by atoms with Crippen LogP contribution in [0.15, 0.2) is 22.7 Å². The molecule has 0 spiro atoms. The van der Waals surface area contributed by atoms with Gasteiger partial charge in [0, 0.05) is 15.0 Å². The van der Waals surface area contributed by atoms with Crippen LogP contribution in [0.2, 0.25) is 5.02 Å². The summed E-state index contributed by atoms with van der Waals surface area (Å²) in [5, 5.41) is 0.753. The molecule has 0 amide bonds. The van der Waals surface area contributed by atoms with Gasteiger partial charge >= 0.3 is 0 Å². The van der Waals surface area contributed by atoms with Crippen molar-refractivity contribution in [2.24, 2.45) is 5.73 Å². The van der Waals surface area contributed by atoms with Gasteiger partial charge in [0.05, 0.1) is 0 Å². The van der Waals surface area contributed by atoms with E-state index in [9.17, 15) is 0 Å². The van der Waals surface area contributed by atoms with Crippen molar-refractivity contribution in [3.05, 3.63) is 33.3 Å². The monoisotopic (exact) mass is 331 g/mol. The number of halogens is 2. The maximum atomic E-state index is 6.40. The van der Waals surface area contributed by atoms with E-state index in [1.807, 2.05) is 18.2 Å². The molecule has 0 heterocycles. The van der Waals surface area contributed by atoms with Gasteiger partial charge in [0.1, 0.15) is 0 Å². The van der Waals surface area contributed by atoms with Crippen LogP contribution in [0.4, 0.5) is 0 Å². The first-order valence-electron chi connectivity index (χ1n) is 6.72. The molecule has 18 heavy (non-hydrogen) atoms. The second kappa shape index (κ2) is 7.52. The fraction of sp³-hybridized carbons (Fsp3) is 0.600. The fourth-order valence-corrected chi connectivity index (χ4v) is 3.07. The normalized spacial score (nSPS) is 14.5. The molecule has 0 radical (unpaired) electrons. The van der Waals surface area contributed by atoms with Crippen LogP contribution in [0.3, 0.4) is 0 Å². The second-order valence-electron chi connectivity index (χ2n) is 5.21. The van der Waals surface area contributed by atoms with Crippen molar-refractivity contribution in [1.82, 2.24) is 0 Å². The fourth-order valence-electron chi connectivity index (χ4n) is 2.18. The molecule has 1 aromatic carbocycles. The Balaban J connectivity index is 2.56. The molecule has 0 saturated heterocycles. The van der Waals surface area contributed by atoms with Crippen molar-refractivity contribution in [2.75, 3.05) is 0 Å². The highest BCUT2D eigenvalue weighted by Crippen LogP contribution is 2.32. The Morgan fingerprint density at radius 1 is 1.22 bits per heavy atom. The summed E-state index contributed by atoms with van der Waals surface area (Å²) in [6.07, 6.45) is 7.31. The highest BCUT2D eigenvalue weighted by Gasteiger charge is 2.23. The maximum absolute atomic E-state index is 6.40. The lowest BCUT2D eigenvalue weighted by Gasteiger charge is -2.26. The lowest BCUT2D eigenvalue weighted by atomic mass is 9.87. The van der Waals surface area contributed by atoms with Crippen molar-refractivity contribution < 1.29 is 0 Å². The number of benzene rings is 1. The van der Waals surface area contributed by atoms with Crippen LogP contribution in [0.25, 0.3) is 0 Å². The minimum Gasteiger partial charge on any atom is -0.322 e. The number of unbranched alkanes of at least 4 members (excludes halogenated alkanes) is 4. The van der Waals surface area contributed by atoms with Crippen LogP contribution in [-0.2, 0) is 5.54 Å². The highest BCUT2D eigenvalue weighted by atomic mass is 79.9. The third-order valence-corrected chi connectivity index (χ3v) is 4.15. The molecule has 0 saturated carbocycles. The summed E-state index contributed by atoms with van der Waals surface area (Å²) in [6, 6.07) is 5.95. The van der Waals surface area contributed by atoms with Crippen LogP contribution in [0, 0.1) is 0 Å². The smallest absolute Gasteiger partial charge is 0.0467 e. The molecular formula is C15H23BrClN. The average molecular weight is 333 g/mol. The zero-order chi connectivity index (χ0) is 13.6. The lowest BCUT2D eigenvalue weighted by molar-refractivity contribution is 0.422.